The molecule has 0 fully saturated rings. The van der Waals surface area contributed by atoms with Crippen molar-refractivity contribution in [2.24, 2.45) is 7.05 Å². The van der Waals surface area contributed by atoms with E-state index >= 15 is 0 Å². The Kier molecular flexibility index (Phi) is 7.46. The van der Waals surface area contributed by atoms with Gasteiger partial charge in [-0.05, 0) is 38.7 Å². The van der Waals surface area contributed by atoms with Crippen LogP contribution in [0.2, 0.25) is 10.0 Å². The number of carbonyl (C=O) groups is 2. The molecule has 0 saturated carbocycles. The van der Waals surface area contributed by atoms with E-state index < -0.39 is 6.03 Å². The molecule has 0 N–H and O–H groups in total. The fraction of sp³-hybridized carbons (Fsp3) is 0.421. The number of carbonyl (C=O) groups excluding carboxylic acids is 2. The molecule has 0 bridgehead atoms. The number of anilines is 1. The Morgan fingerprint density at radius 1 is 1.21 bits per heavy atom. The zero-order chi connectivity index (χ0) is 21.0. The summed E-state index contributed by atoms with van der Waals surface area (Å²) in [6, 6.07) is 4.53. The first-order valence-electron chi connectivity index (χ1n) is 8.76. The lowest BCUT2D eigenvalue weighted by molar-refractivity contribution is -0.115. The number of likely N-dealkylation sites (N-methyl/N-ethyl adjacent to an activating group) is 1. The van der Waals surface area contributed by atoms with Crippen LogP contribution in [0.25, 0.3) is 0 Å². The minimum absolute atomic E-state index is 0.0862. The molecule has 1 aromatic heterocycles. The van der Waals surface area contributed by atoms with E-state index in [-0.39, 0.29) is 6.54 Å². The molecule has 9 heteroatoms. The lowest BCUT2D eigenvalue weighted by Gasteiger charge is -2.23. The van der Waals surface area contributed by atoms with E-state index in [1.165, 1.54) is 4.90 Å². The largest absolute Gasteiger partial charge is 0.333 e. The quantitative estimate of drug-likeness (QED) is 0.638. The van der Waals surface area contributed by atoms with Crippen molar-refractivity contribution in [3.05, 3.63) is 45.3 Å². The maximum atomic E-state index is 12.9. The number of rotatable bonds is 7. The van der Waals surface area contributed by atoms with Crippen LogP contribution in [0.15, 0.2) is 18.2 Å². The van der Waals surface area contributed by atoms with Gasteiger partial charge in [-0.1, -0.05) is 29.3 Å². The molecule has 0 radical (unpaired) electrons. The summed E-state index contributed by atoms with van der Waals surface area (Å²) in [6.45, 7) is 2.83. The highest BCUT2D eigenvalue weighted by molar-refractivity contribution is 6.42. The van der Waals surface area contributed by atoms with Gasteiger partial charge in [0.1, 0.15) is 5.82 Å². The van der Waals surface area contributed by atoms with Gasteiger partial charge in [0.15, 0.2) is 5.82 Å². The predicted molar refractivity (Wildman–Crippen MR) is 112 cm³/mol. The zero-order valence-electron chi connectivity index (χ0n) is 16.7. The Labute approximate surface area is 175 Å². The summed E-state index contributed by atoms with van der Waals surface area (Å²) in [5, 5.41) is 0.790. The average molecular weight is 426 g/mol. The van der Waals surface area contributed by atoms with Gasteiger partial charge >= 0.3 is 6.03 Å². The second-order valence-electron chi connectivity index (χ2n) is 6.87. The lowest BCUT2D eigenvalue weighted by atomic mass is 10.2. The highest BCUT2D eigenvalue weighted by Crippen LogP contribution is 2.24. The van der Waals surface area contributed by atoms with Gasteiger partial charge < -0.3 is 9.47 Å². The maximum Gasteiger partial charge on any atom is 0.332 e. The van der Waals surface area contributed by atoms with Crippen molar-refractivity contribution in [3.63, 3.8) is 0 Å². The third kappa shape index (κ3) is 5.04. The van der Waals surface area contributed by atoms with E-state index in [1.807, 2.05) is 32.6 Å². The molecule has 0 saturated heterocycles. The first kappa shape index (κ1) is 22.2. The maximum absolute atomic E-state index is 12.9. The molecule has 2 rings (SSSR count). The molecule has 28 heavy (non-hydrogen) atoms. The van der Waals surface area contributed by atoms with Gasteiger partial charge in [-0.25, -0.2) is 9.78 Å². The number of amides is 3. The molecule has 3 amide bonds. The summed E-state index contributed by atoms with van der Waals surface area (Å²) in [4.78, 5) is 33.6. The SMILES string of the molecule is Cc1c(N(C)C(=O)N(C=O)Cc2ccc(Cl)c(Cl)c2)nc(CCN(C)C)n1C. The topological polar surface area (TPSA) is 61.7 Å². The fourth-order valence-electron chi connectivity index (χ4n) is 2.75. The minimum Gasteiger partial charge on any atom is -0.333 e. The number of hydrogen-bond donors (Lipinski definition) is 0. The van der Waals surface area contributed by atoms with Crippen molar-refractivity contribution >= 4 is 41.5 Å². The van der Waals surface area contributed by atoms with Gasteiger partial charge in [0.2, 0.25) is 6.41 Å². The normalized spacial score (nSPS) is 11.0. The zero-order valence-corrected chi connectivity index (χ0v) is 18.3. The summed E-state index contributed by atoms with van der Waals surface area (Å²) in [5.74, 6) is 1.41. The van der Waals surface area contributed by atoms with E-state index in [0.717, 1.165) is 29.4 Å². The minimum atomic E-state index is -0.471. The third-order valence-electron chi connectivity index (χ3n) is 4.55. The van der Waals surface area contributed by atoms with Crippen LogP contribution in [0.1, 0.15) is 17.1 Å². The predicted octanol–water partition coefficient (Wildman–Crippen LogP) is 3.35. The van der Waals surface area contributed by atoms with E-state index in [0.29, 0.717) is 27.8 Å². The molecule has 1 heterocycles. The molecule has 152 valence electrons. The van der Waals surface area contributed by atoms with E-state index in [1.54, 1.807) is 25.2 Å². The lowest BCUT2D eigenvalue weighted by Crippen LogP contribution is -2.40. The second-order valence-corrected chi connectivity index (χ2v) is 7.69. The molecular formula is C19H25Cl2N5O2. The fourth-order valence-corrected chi connectivity index (χ4v) is 3.08. The van der Waals surface area contributed by atoms with Crippen molar-refractivity contribution in [3.8, 4) is 0 Å². The van der Waals surface area contributed by atoms with Crippen LogP contribution < -0.4 is 4.90 Å². The van der Waals surface area contributed by atoms with Crippen molar-refractivity contribution in [1.29, 1.82) is 0 Å². The van der Waals surface area contributed by atoms with E-state index in [2.05, 4.69) is 9.88 Å². The smallest absolute Gasteiger partial charge is 0.332 e. The molecular weight excluding hydrogens is 401 g/mol. The number of hydrogen-bond acceptors (Lipinski definition) is 4. The summed E-state index contributed by atoms with van der Waals surface area (Å²) in [6.07, 6.45) is 1.26. The van der Waals surface area contributed by atoms with Gasteiger partial charge in [-0.3, -0.25) is 14.6 Å². The first-order chi connectivity index (χ1) is 13.1. The summed E-state index contributed by atoms with van der Waals surface area (Å²) in [7, 11) is 7.52. The molecule has 0 aliphatic carbocycles. The van der Waals surface area contributed by atoms with Gasteiger partial charge in [0.25, 0.3) is 0 Å². The Hall–Kier alpha value is -2.09. The van der Waals surface area contributed by atoms with Crippen LogP contribution in [-0.2, 0) is 24.8 Å². The van der Waals surface area contributed by atoms with Gasteiger partial charge in [0, 0.05) is 27.1 Å². The number of imidazole rings is 1. The molecule has 0 aliphatic rings. The molecule has 2 aromatic rings. The van der Waals surface area contributed by atoms with Gasteiger partial charge in [0.05, 0.1) is 22.3 Å². The number of imide groups is 1. The van der Waals surface area contributed by atoms with E-state index in [9.17, 15) is 9.59 Å². The Morgan fingerprint density at radius 2 is 1.89 bits per heavy atom. The standard InChI is InChI=1S/C19H25Cl2N5O2/c1-13-18(22-17(24(13)4)8-9-23(2)3)25(5)19(28)26(12-27)11-14-6-7-15(20)16(21)10-14/h6-7,10,12H,8-9,11H2,1-5H3. The summed E-state index contributed by atoms with van der Waals surface area (Å²) < 4.78 is 1.97. The van der Waals surface area contributed by atoms with E-state index in [4.69, 9.17) is 23.2 Å². The van der Waals surface area contributed by atoms with Crippen LogP contribution >= 0.6 is 23.2 Å². The first-order valence-corrected chi connectivity index (χ1v) is 9.51. The van der Waals surface area contributed by atoms with Crippen molar-refractivity contribution in [2.75, 3.05) is 32.6 Å². The summed E-state index contributed by atoms with van der Waals surface area (Å²) >= 11 is 11.9. The molecule has 1 aromatic carbocycles. The molecule has 7 nitrogen and oxygen atoms in total. The van der Waals surface area contributed by atoms with Crippen LogP contribution in [0.5, 0.6) is 0 Å². The van der Waals surface area contributed by atoms with Gasteiger partial charge in [-0.15, -0.1) is 0 Å². The highest BCUT2D eigenvalue weighted by atomic mass is 35.5. The average Bonchev–Trinajstić information content (AvgIpc) is 2.94. The number of benzene rings is 1. The number of nitrogens with zero attached hydrogens (tertiary/aromatic N) is 5. The van der Waals surface area contributed by atoms with Crippen molar-refractivity contribution in [1.82, 2.24) is 19.4 Å². The Morgan fingerprint density at radius 3 is 2.46 bits per heavy atom. The van der Waals surface area contributed by atoms with Crippen LogP contribution in [-0.4, -0.2) is 59.5 Å². The van der Waals surface area contributed by atoms with Crippen LogP contribution in [0.3, 0.4) is 0 Å². The molecule has 0 spiro atoms. The Balaban J connectivity index is 2.20. The van der Waals surface area contributed by atoms with Crippen LogP contribution in [0.4, 0.5) is 10.6 Å². The highest BCUT2D eigenvalue weighted by Gasteiger charge is 2.24. The van der Waals surface area contributed by atoms with Crippen LogP contribution in [0, 0.1) is 6.92 Å². The van der Waals surface area contributed by atoms with Crippen molar-refractivity contribution < 1.29 is 9.59 Å². The molecule has 0 atom stereocenters. The number of aromatic nitrogens is 2. The number of halogens is 2. The van der Waals surface area contributed by atoms with Crippen molar-refractivity contribution in [2.45, 2.75) is 19.9 Å². The molecule has 0 aliphatic heterocycles. The Bertz CT molecular complexity index is 866. The van der Waals surface area contributed by atoms with Gasteiger partial charge in [-0.2, -0.15) is 0 Å². The number of urea groups is 1. The third-order valence-corrected chi connectivity index (χ3v) is 5.29. The monoisotopic (exact) mass is 425 g/mol. The second kappa shape index (κ2) is 9.41. The summed E-state index contributed by atoms with van der Waals surface area (Å²) in [5.41, 5.74) is 1.55. The molecule has 0 unspecified atom stereocenters.